The van der Waals surface area contributed by atoms with Crippen LogP contribution in [0.4, 0.5) is 5.82 Å². The van der Waals surface area contributed by atoms with E-state index in [1.807, 2.05) is 36.4 Å². The highest BCUT2D eigenvalue weighted by Gasteiger charge is 2.25. The fourth-order valence-corrected chi connectivity index (χ4v) is 3.31. The lowest BCUT2D eigenvalue weighted by Crippen LogP contribution is -2.39. The van der Waals surface area contributed by atoms with Crippen LogP contribution in [0.5, 0.6) is 0 Å². The lowest BCUT2D eigenvalue weighted by atomic mass is 9.96. The molecule has 1 aromatic carbocycles. The van der Waals surface area contributed by atoms with Crippen LogP contribution in [0.2, 0.25) is 0 Å². The summed E-state index contributed by atoms with van der Waals surface area (Å²) in [4.78, 5) is 27.3. The molecule has 2 N–H and O–H groups in total. The molecular weight excluding hydrogens is 314 g/mol. The molecule has 1 amide bonds. The zero-order valence-electron chi connectivity index (χ0n) is 13.8. The number of carbonyl (C=O) groups excluding carboxylic acids is 1. The first-order valence-electron chi connectivity index (χ1n) is 8.44. The molecule has 126 valence electrons. The zero-order valence-corrected chi connectivity index (χ0v) is 13.8. The van der Waals surface area contributed by atoms with E-state index < -0.39 is 0 Å². The Labute approximate surface area is 145 Å². The lowest BCUT2D eigenvalue weighted by Gasteiger charge is -2.32. The Morgan fingerprint density at radius 2 is 1.76 bits per heavy atom. The summed E-state index contributed by atoms with van der Waals surface area (Å²) in [7, 11) is 0. The van der Waals surface area contributed by atoms with E-state index in [0.717, 1.165) is 48.2 Å². The van der Waals surface area contributed by atoms with Crippen LogP contribution in [0, 0.1) is 5.92 Å². The first-order chi connectivity index (χ1) is 12.2. The molecule has 3 aromatic rings. The third-order valence-corrected chi connectivity index (χ3v) is 4.72. The summed E-state index contributed by atoms with van der Waals surface area (Å²) in [5, 5.41) is 1.03. The number of para-hydroxylation sites is 1. The molecule has 4 rings (SSSR count). The maximum atomic E-state index is 11.4. The number of nitrogens with zero attached hydrogens (tertiary/aromatic N) is 4. The van der Waals surface area contributed by atoms with Crippen LogP contribution in [0.3, 0.4) is 0 Å². The molecule has 3 heterocycles. The van der Waals surface area contributed by atoms with Gasteiger partial charge in [-0.3, -0.25) is 9.78 Å². The Hall–Kier alpha value is -3.02. The van der Waals surface area contributed by atoms with E-state index in [4.69, 9.17) is 15.7 Å². The molecule has 0 bridgehead atoms. The minimum Gasteiger partial charge on any atom is -0.369 e. The van der Waals surface area contributed by atoms with Gasteiger partial charge in [0.1, 0.15) is 5.82 Å². The zero-order chi connectivity index (χ0) is 17.2. The van der Waals surface area contributed by atoms with Gasteiger partial charge in [0, 0.05) is 42.4 Å². The van der Waals surface area contributed by atoms with Crippen LogP contribution in [0.15, 0.2) is 48.8 Å². The van der Waals surface area contributed by atoms with E-state index in [1.54, 1.807) is 12.4 Å². The Bertz CT molecular complexity index is 904. The fourth-order valence-electron chi connectivity index (χ4n) is 3.31. The number of piperidine rings is 1. The van der Waals surface area contributed by atoms with Crippen molar-refractivity contribution in [3.8, 4) is 11.4 Å². The lowest BCUT2D eigenvalue weighted by molar-refractivity contribution is -0.122. The molecule has 1 fully saturated rings. The highest BCUT2D eigenvalue weighted by molar-refractivity contribution is 5.91. The number of aromatic nitrogens is 3. The minimum atomic E-state index is -0.204. The molecular formula is C19H19N5O. The fraction of sp³-hybridized carbons (Fsp3) is 0.263. The monoisotopic (exact) mass is 333 g/mol. The second-order valence-corrected chi connectivity index (χ2v) is 6.29. The van der Waals surface area contributed by atoms with E-state index in [0.29, 0.717) is 5.82 Å². The van der Waals surface area contributed by atoms with Crippen molar-refractivity contribution in [2.45, 2.75) is 12.8 Å². The summed E-state index contributed by atoms with van der Waals surface area (Å²) in [5.41, 5.74) is 7.31. The van der Waals surface area contributed by atoms with Crippen molar-refractivity contribution in [3.63, 3.8) is 0 Å². The maximum Gasteiger partial charge on any atom is 0.220 e. The summed E-state index contributed by atoms with van der Waals surface area (Å²) < 4.78 is 0. The first-order valence-corrected chi connectivity index (χ1v) is 8.44. The number of hydrogen-bond donors (Lipinski definition) is 1. The Kier molecular flexibility index (Phi) is 4.01. The van der Waals surface area contributed by atoms with Gasteiger partial charge in [0.2, 0.25) is 5.91 Å². The molecule has 0 aliphatic carbocycles. The molecule has 1 aliphatic rings. The van der Waals surface area contributed by atoms with Crippen molar-refractivity contribution in [2.75, 3.05) is 18.0 Å². The van der Waals surface area contributed by atoms with Crippen LogP contribution in [0.25, 0.3) is 22.3 Å². The van der Waals surface area contributed by atoms with Gasteiger partial charge in [-0.1, -0.05) is 12.1 Å². The van der Waals surface area contributed by atoms with Gasteiger partial charge in [0.25, 0.3) is 0 Å². The summed E-state index contributed by atoms with van der Waals surface area (Å²) in [6.45, 7) is 1.54. The average molecular weight is 333 g/mol. The van der Waals surface area contributed by atoms with E-state index in [2.05, 4.69) is 9.88 Å². The topological polar surface area (TPSA) is 85.0 Å². The van der Waals surface area contributed by atoms with Gasteiger partial charge in [-0.15, -0.1) is 0 Å². The largest absolute Gasteiger partial charge is 0.369 e. The predicted molar refractivity (Wildman–Crippen MR) is 96.9 cm³/mol. The number of benzene rings is 1. The Balaban J connectivity index is 1.76. The number of fused-ring (bicyclic) bond motifs is 1. The molecule has 1 saturated heterocycles. The Morgan fingerprint density at radius 3 is 2.48 bits per heavy atom. The highest BCUT2D eigenvalue weighted by Crippen LogP contribution is 2.30. The third kappa shape index (κ3) is 3.03. The van der Waals surface area contributed by atoms with Crippen molar-refractivity contribution in [1.82, 2.24) is 15.0 Å². The van der Waals surface area contributed by atoms with Crippen molar-refractivity contribution in [1.29, 1.82) is 0 Å². The summed E-state index contributed by atoms with van der Waals surface area (Å²) >= 11 is 0. The Morgan fingerprint density at radius 1 is 1.04 bits per heavy atom. The predicted octanol–water partition coefficient (Wildman–Crippen LogP) is 2.39. The van der Waals surface area contributed by atoms with Crippen LogP contribution in [-0.2, 0) is 4.79 Å². The van der Waals surface area contributed by atoms with E-state index in [-0.39, 0.29) is 11.8 Å². The van der Waals surface area contributed by atoms with Crippen molar-refractivity contribution >= 4 is 22.6 Å². The van der Waals surface area contributed by atoms with Gasteiger partial charge in [-0.2, -0.15) is 0 Å². The number of pyridine rings is 1. The standard InChI is InChI=1S/C19H19N5O/c20-17(25)13-7-11-24(12-8-13)19-15-3-1-2-4-16(15)22-18(23-19)14-5-9-21-10-6-14/h1-6,9-10,13H,7-8,11-12H2,(H2,20,25). The number of hydrogen-bond acceptors (Lipinski definition) is 5. The molecule has 6 heteroatoms. The normalized spacial score (nSPS) is 15.4. The molecule has 6 nitrogen and oxygen atoms in total. The number of rotatable bonds is 3. The van der Waals surface area contributed by atoms with Gasteiger partial charge >= 0.3 is 0 Å². The molecule has 0 unspecified atom stereocenters. The third-order valence-electron chi connectivity index (χ3n) is 4.72. The molecule has 25 heavy (non-hydrogen) atoms. The molecule has 2 aromatic heterocycles. The second-order valence-electron chi connectivity index (χ2n) is 6.29. The number of carbonyl (C=O) groups is 1. The number of primary amides is 1. The van der Waals surface area contributed by atoms with E-state index >= 15 is 0 Å². The highest BCUT2D eigenvalue weighted by atomic mass is 16.1. The van der Waals surface area contributed by atoms with Crippen molar-refractivity contribution < 1.29 is 4.79 Å². The van der Waals surface area contributed by atoms with Gasteiger partial charge in [0.05, 0.1) is 5.52 Å². The van der Waals surface area contributed by atoms with E-state index in [9.17, 15) is 4.79 Å². The summed E-state index contributed by atoms with van der Waals surface area (Å²) in [6, 6.07) is 11.8. The number of nitrogens with two attached hydrogens (primary N) is 1. The SMILES string of the molecule is NC(=O)C1CCN(c2nc(-c3ccncc3)nc3ccccc23)CC1. The van der Waals surface area contributed by atoms with Crippen molar-refractivity contribution in [2.24, 2.45) is 11.7 Å². The molecule has 0 radical (unpaired) electrons. The summed E-state index contributed by atoms with van der Waals surface area (Å²) in [6.07, 6.45) is 5.01. The molecule has 0 atom stereocenters. The second kappa shape index (κ2) is 6.47. The van der Waals surface area contributed by atoms with Crippen LogP contribution in [-0.4, -0.2) is 33.9 Å². The van der Waals surface area contributed by atoms with Gasteiger partial charge in [-0.25, -0.2) is 9.97 Å². The van der Waals surface area contributed by atoms with E-state index in [1.165, 1.54) is 0 Å². The molecule has 0 saturated carbocycles. The molecule has 1 aliphatic heterocycles. The smallest absolute Gasteiger partial charge is 0.220 e. The minimum absolute atomic E-state index is 0.0379. The van der Waals surface area contributed by atoms with Crippen molar-refractivity contribution in [3.05, 3.63) is 48.8 Å². The van der Waals surface area contributed by atoms with Crippen LogP contribution in [0.1, 0.15) is 12.8 Å². The van der Waals surface area contributed by atoms with Gasteiger partial charge in [-0.05, 0) is 37.1 Å². The van der Waals surface area contributed by atoms with Crippen LogP contribution >= 0.6 is 0 Å². The maximum absolute atomic E-state index is 11.4. The molecule has 0 spiro atoms. The summed E-state index contributed by atoms with van der Waals surface area (Å²) in [5.74, 6) is 1.36. The number of amides is 1. The average Bonchev–Trinajstić information content (AvgIpc) is 2.68. The van der Waals surface area contributed by atoms with Crippen LogP contribution < -0.4 is 10.6 Å². The van der Waals surface area contributed by atoms with Gasteiger partial charge in [0.15, 0.2) is 5.82 Å². The quantitative estimate of drug-likeness (QED) is 0.795. The first kappa shape index (κ1) is 15.5. The number of anilines is 1. The van der Waals surface area contributed by atoms with Gasteiger partial charge < -0.3 is 10.6 Å².